The van der Waals surface area contributed by atoms with Gasteiger partial charge in [-0.1, -0.05) is 19.1 Å². The van der Waals surface area contributed by atoms with Crippen molar-refractivity contribution < 1.29 is 18.3 Å². The molecule has 0 bridgehead atoms. The molecule has 7 heteroatoms. The van der Waals surface area contributed by atoms with Crippen LogP contribution in [-0.4, -0.2) is 43.4 Å². The lowest BCUT2D eigenvalue weighted by molar-refractivity contribution is -0.122. The lowest BCUT2D eigenvalue weighted by Crippen LogP contribution is -2.49. The third kappa shape index (κ3) is 3.00. The van der Waals surface area contributed by atoms with Gasteiger partial charge in [0.2, 0.25) is 15.9 Å². The van der Waals surface area contributed by atoms with Crippen LogP contribution in [0.1, 0.15) is 25.0 Å². The average Bonchev–Trinajstić information content (AvgIpc) is 2.46. The standard InChI is InChI=1S/C13H18N2O4S/c1-2-12(16)10-4-3-5-11(8-10)20(18,19)15-7-6-14-13(17)9-15/h3-5,8,12,16H,2,6-7,9H2,1H3,(H,14,17). The summed E-state index contributed by atoms with van der Waals surface area (Å²) in [6.45, 7) is 2.23. The number of benzene rings is 1. The van der Waals surface area contributed by atoms with Crippen LogP contribution in [0, 0.1) is 0 Å². The molecule has 0 aliphatic carbocycles. The predicted molar refractivity (Wildman–Crippen MR) is 73.5 cm³/mol. The van der Waals surface area contributed by atoms with Crippen molar-refractivity contribution >= 4 is 15.9 Å². The zero-order valence-electron chi connectivity index (χ0n) is 11.2. The summed E-state index contributed by atoms with van der Waals surface area (Å²) in [7, 11) is -3.70. The highest BCUT2D eigenvalue weighted by atomic mass is 32.2. The average molecular weight is 298 g/mol. The summed E-state index contributed by atoms with van der Waals surface area (Å²) in [6.07, 6.45) is -0.176. The lowest BCUT2D eigenvalue weighted by Gasteiger charge is -2.26. The summed E-state index contributed by atoms with van der Waals surface area (Å²) in [4.78, 5) is 11.4. The molecule has 110 valence electrons. The van der Waals surface area contributed by atoms with Gasteiger partial charge in [-0.3, -0.25) is 4.79 Å². The first-order chi connectivity index (χ1) is 9.45. The molecule has 1 fully saturated rings. The molecule has 0 radical (unpaired) electrons. The van der Waals surface area contributed by atoms with Gasteiger partial charge in [-0.05, 0) is 24.1 Å². The van der Waals surface area contributed by atoms with Crippen LogP contribution in [0.15, 0.2) is 29.2 Å². The van der Waals surface area contributed by atoms with Crippen molar-refractivity contribution in [2.24, 2.45) is 0 Å². The van der Waals surface area contributed by atoms with Crippen LogP contribution in [-0.2, 0) is 14.8 Å². The Morgan fingerprint density at radius 1 is 1.45 bits per heavy atom. The normalized spacial score (nSPS) is 18.6. The Morgan fingerprint density at radius 2 is 2.20 bits per heavy atom. The Labute approximate surface area is 118 Å². The number of nitrogens with zero attached hydrogens (tertiary/aromatic N) is 1. The number of hydrogen-bond acceptors (Lipinski definition) is 4. The number of rotatable bonds is 4. The third-order valence-corrected chi connectivity index (χ3v) is 5.11. The lowest BCUT2D eigenvalue weighted by atomic mass is 10.1. The first kappa shape index (κ1) is 15.0. The molecule has 1 heterocycles. The Balaban J connectivity index is 2.31. The molecule has 0 saturated carbocycles. The van der Waals surface area contributed by atoms with Gasteiger partial charge in [0.15, 0.2) is 0 Å². The Morgan fingerprint density at radius 3 is 2.85 bits per heavy atom. The maximum absolute atomic E-state index is 12.5. The van der Waals surface area contributed by atoms with Crippen molar-refractivity contribution in [1.29, 1.82) is 0 Å². The highest BCUT2D eigenvalue weighted by molar-refractivity contribution is 7.89. The van der Waals surface area contributed by atoms with Crippen molar-refractivity contribution in [2.75, 3.05) is 19.6 Å². The zero-order valence-corrected chi connectivity index (χ0v) is 12.1. The van der Waals surface area contributed by atoms with Crippen LogP contribution in [0.2, 0.25) is 0 Å². The highest BCUT2D eigenvalue weighted by Gasteiger charge is 2.29. The van der Waals surface area contributed by atoms with Crippen LogP contribution in [0.3, 0.4) is 0 Å². The van der Waals surface area contributed by atoms with Gasteiger partial charge in [-0.2, -0.15) is 4.31 Å². The topological polar surface area (TPSA) is 86.7 Å². The van der Waals surface area contributed by atoms with E-state index in [9.17, 15) is 18.3 Å². The smallest absolute Gasteiger partial charge is 0.243 e. The molecule has 20 heavy (non-hydrogen) atoms. The molecular weight excluding hydrogens is 280 g/mol. The number of hydrogen-bond donors (Lipinski definition) is 2. The van der Waals surface area contributed by atoms with Gasteiger partial charge in [-0.15, -0.1) is 0 Å². The van der Waals surface area contributed by atoms with Crippen LogP contribution < -0.4 is 5.32 Å². The van der Waals surface area contributed by atoms with Crippen molar-refractivity contribution in [3.05, 3.63) is 29.8 Å². The number of aliphatic hydroxyl groups is 1. The van der Waals surface area contributed by atoms with E-state index in [0.717, 1.165) is 4.31 Å². The number of aliphatic hydroxyl groups excluding tert-OH is 1. The van der Waals surface area contributed by atoms with E-state index in [1.807, 2.05) is 6.92 Å². The number of amides is 1. The number of carbonyl (C=O) groups excluding carboxylic acids is 1. The van der Waals surface area contributed by atoms with E-state index < -0.39 is 16.1 Å². The summed E-state index contributed by atoms with van der Waals surface area (Å²) in [5, 5.41) is 12.4. The maximum Gasteiger partial charge on any atom is 0.243 e. The molecule has 1 aliphatic rings. The molecule has 1 aromatic rings. The first-order valence-electron chi connectivity index (χ1n) is 6.50. The molecule has 1 saturated heterocycles. The molecule has 2 N–H and O–H groups in total. The Bertz CT molecular complexity index is 600. The van der Waals surface area contributed by atoms with Gasteiger partial charge in [0.1, 0.15) is 0 Å². The fourth-order valence-corrected chi connectivity index (χ4v) is 3.54. The van der Waals surface area contributed by atoms with Crippen molar-refractivity contribution in [2.45, 2.75) is 24.3 Å². The minimum atomic E-state index is -3.70. The van der Waals surface area contributed by atoms with E-state index in [0.29, 0.717) is 18.5 Å². The van der Waals surface area contributed by atoms with Crippen LogP contribution >= 0.6 is 0 Å². The minimum absolute atomic E-state index is 0.109. The van der Waals surface area contributed by atoms with Gasteiger partial charge in [0.05, 0.1) is 17.5 Å². The van der Waals surface area contributed by atoms with Gasteiger partial charge in [0.25, 0.3) is 0 Å². The summed E-state index contributed by atoms with van der Waals surface area (Å²) in [6, 6.07) is 6.24. The van der Waals surface area contributed by atoms with E-state index in [1.54, 1.807) is 12.1 Å². The van der Waals surface area contributed by atoms with Crippen molar-refractivity contribution in [1.82, 2.24) is 9.62 Å². The monoisotopic (exact) mass is 298 g/mol. The first-order valence-corrected chi connectivity index (χ1v) is 7.94. The second-order valence-electron chi connectivity index (χ2n) is 4.69. The fourth-order valence-electron chi connectivity index (χ4n) is 2.09. The molecule has 6 nitrogen and oxygen atoms in total. The number of sulfonamides is 1. The Hall–Kier alpha value is -1.44. The number of carbonyl (C=O) groups is 1. The van der Waals surface area contributed by atoms with E-state index in [-0.39, 0.29) is 23.9 Å². The number of piperazine rings is 1. The van der Waals surface area contributed by atoms with E-state index in [1.165, 1.54) is 12.1 Å². The van der Waals surface area contributed by atoms with Gasteiger partial charge in [-0.25, -0.2) is 8.42 Å². The highest BCUT2D eigenvalue weighted by Crippen LogP contribution is 2.22. The quantitative estimate of drug-likeness (QED) is 0.834. The molecule has 1 amide bonds. The summed E-state index contributed by atoms with van der Waals surface area (Å²) < 4.78 is 26.1. The van der Waals surface area contributed by atoms with E-state index in [4.69, 9.17) is 0 Å². The fraction of sp³-hybridized carbons (Fsp3) is 0.462. The van der Waals surface area contributed by atoms with Gasteiger partial charge >= 0.3 is 0 Å². The Kier molecular flexibility index (Phi) is 4.42. The molecule has 0 aromatic heterocycles. The molecule has 0 spiro atoms. The molecule has 1 atom stereocenters. The molecule has 1 unspecified atom stereocenters. The molecular formula is C13H18N2O4S. The maximum atomic E-state index is 12.5. The van der Waals surface area contributed by atoms with Crippen molar-refractivity contribution in [3.8, 4) is 0 Å². The predicted octanol–water partition coefficient (Wildman–Crippen LogP) is 0.250. The second-order valence-corrected chi connectivity index (χ2v) is 6.62. The van der Waals surface area contributed by atoms with Crippen LogP contribution in [0.25, 0.3) is 0 Å². The number of nitrogens with one attached hydrogen (secondary N) is 1. The molecule has 1 aromatic carbocycles. The van der Waals surface area contributed by atoms with Crippen LogP contribution in [0.4, 0.5) is 0 Å². The summed E-state index contributed by atoms with van der Waals surface area (Å²) >= 11 is 0. The second kappa shape index (κ2) is 5.90. The third-order valence-electron chi connectivity index (χ3n) is 3.27. The van der Waals surface area contributed by atoms with E-state index >= 15 is 0 Å². The van der Waals surface area contributed by atoms with Crippen LogP contribution in [0.5, 0.6) is 0 Å². The SMILES string of the molecule is CCC(O)c1cccc(S(=O)(=O)N2CCNC(=O)C2)c1. The summed E-state index contributed by atoms with van der Waals surface area (Å²) in [5.41, 5.74) is 0.565. The molecule has 2 rings (SSSR count). The van der Waals surface area contributed by atoms with Crippen molar-refractivity contribution in [3.63, 3.8) is 0 Å². The molecule has 1 aliphatic heterocycles. The van der Waals surface area contributed by atoms with Gasteiger partial charge in [0, 0.05) is 13.1 Å². The summed E-state index contributed by atoms with van der Waals surface area (Å²) in [5.74, 6) is -0.301. The van der Waals surface area contributed by atoms with E-state index in [2.05, 4.69) is 5.32 Å². The minimum Gasteiger partial charge on any atom is -0.388 e. The zero-order chi connectivity index (χ0) is 14.8. The van der Waals surface area contributed by atoms with Gasteiger partial charge < -0.3 is 10.4 Å². The largest absolute Gasteiger partial charge is 0.388 e.